The zero-order valence-corrected chi connectivity index (χ0v) is 12.9. The van der Waals surface area contributed by atoms with Crippen LogP contribution in [0.15, 0.2) is 47.5 Å². The van der Waals surface area contributed by atoms with Crippen LogP contribution in [0.3, 0.4) is 0 Å². The molecule has 6 nitrogen and oxygen atoms in total. The molecule has 2 aliphatic heterocycles. The summed E-state index contributed by atoms with van der Waals surface area (Å²) in [5.74, 6) is 0.929. The quantitative estimate of drug-likeness (QED) is 0.726. The first-order valence-corrected chi connectivity index (χ1v) is 7.58. The van der Waals surface area contributed by atoms with Crippen LogP contribution in [0.5, 0.6) is 0 Å². The maximum atomic E-state index is 4.57. The molecule has 0 amide bonds. The fraction of sp³-hybridized carbons (Fsp3) is 0.176. The molecule has 23 heavy (non-hydrogen) atoms. The Morgan fingerprint density at radius 2 is 2.17 bits per heavy atom. The fourth-order valence-electron chi connectivity index (χ4n) is 3.56. The third kappa shape index (κ3) is 1.66. The second kappa shape index (κ2) is 4.33. The summed E-state index contributed by atoms with van der Waals surface area (Å²) < 4.78 is 2.13. The summed E-state index contributed by atoms with van der Waals surface area (Å²) in [7, 11) is 4.11. The largest absolute Gasteiger partial charge is 0.350 e. The van der Waals surface area contributed by atoms with Gasteiger partial charge in [-0.05, 0) is 12.1 Å². The van der Waals surface area contributed by atoms with Gasteiger partial charge in [0, 0.05) is 72.9 Å². The number of rotatable bonds is 1. The molecule has 1 atom stereocenters. The van der Waals surface area contributed by atoms with Gasteiger partial charge in [0.2, 0.25) is 0 Å². The van der Waals surface area contributed by atoms with Gasteiger partial charge in [-0.3, -0.25) is 4.98 Å². The van der Waals surface area contributed by atoms with E-state index < -0.39 is 0 Å². The van der Waals surface area contributed by atoms with Gasteiger partial charge in [-0.15, -0.1) is 0 Å². The summed E-state index contributed by atoms with van der Waals surface area (Å²) >= 11 is 0. The first-order chi connectivity index (χ1) is 11.2. The molecular weight excluding hydrogens is 288 g/mol. The van der Waals surface area contributed by atoms with Gasteiger partial charge >= 0.3 is 0 Å². The Morgan fingerprint density at radius 3 is 3.09 bits per heavy atom. The van der Waals surface area contributed by atoms with Crippen LogP contribution < -0.4 is 5.43 Å². The highest BCUT2D eigenvalue weighted by Crippen LogP contribution is 2.42. The normalized spacial score (nSPS) is 19.6. The summed E-state index contributed by atoms with van der Waals surface area (Å²) in [6.45, 7) is 0. The topological polar surface area (TPSA) is 61.2 Å². The van der Waals surface area contributed by atoms with Gasteiger partial charge in [0.1, 0.15) is 5.82 Å². The predicted octanol–water partition coefficient (Wildman–Crippen LogP) is 2.66. The number of likely N-dealkylation sites (N-methyl/N-ethyl adjacent to an activating group) is 1. The van der Waals surface area contributed by atoms with Crippen molar-refractivity contribution in [2.45, 2.75) is 6.04 Å². The summed E-state index contributed by atoms with van der Waals surface area (Å²) in [6.07, 6.45) is 9.81. The lowest BCUT2D eigenvalue weighted by Gasteiger charge is -2.22. The SMILES string of the molecule is CN1NC=C2C=Nc3[nH]c(-c4cn(C)c5ccncc45)cc3C21. The van der Waals surface area contributed by atoms with E-state index in [4.69, 9.17) is 0 Å². The van der Waals surface area contributed by atoms with Crippen molar-refractivity contribution in [2.24, 2.45) is 12.0 Å². The molecule has 1 unspecified atom stereocenters. The number of hydrazine groups is 1. The van der Waals surface area contributed by atoms with Gasteiger partial charge in [0.25, 0.3) is 0 Å². The monoisotopic (exact) mass is 304 g/mol. The Morgan fingerprint density at radius 1 is 1.26 bits per heavy atom. The van der Waals surface area contributed by atoms with Crippen LogP contribution in [0.1, 0.15) is 11.6 Å². The number of pyridine rings is 1. The second-order valence-corrected chi connectivity index (χ2v) is 6.08. The van der Waals surface area contributed by atoms with E-state index >= 15 is 0 Å². The van der Waals surface area contributed by atoms with E-state index in [9.17, 15) is 0 Å². The smallest absolute Gasteiger partial charge is 0.135 e. The van der Waals surface area contributed by atoms with E-state index in [-0.39, 0.29) is 6.04 Å². The maximum Gasteiger partial charge on any atom is 0.135 e. The molecule has 0 saturated heterocycles. The van der Waals surface area contributed by atoms with Crippen molar-refractivity contribution >= 4 is 22.9 Å². The van der Waals surface area contributed by atoms with Crippen LogP contribution in [0.4, 0.5) is 5.82 Å². The number of aliphatic imine (C=N–C) groups is 1. The number of aromatic nitrogens is 3. The summed E-state index contributed by atoms with van der Waals surface area (Å²) in [4.78, 5) is 12.3. The third-order valence-corrected chi connectivity index (χ3v) is 4.68. The lowest BCUT2D eigenvalue weighted by atomic mass is 10.00. The zero-order valence-electron chi connectivity index (χ0n) is 12.9. The summed E-state index contributed by atoms with van der Waals surface area (Å²) in [5.41, 5.74) is 9.02. The van der Waals surface area contributed by atoms with Crippen molar-refractivity contribution in [1.29, 1.82) is 0 Å². The third-order valence-electron chi connectivity index (χ3n) is 4.68. The lowest BCUT2D eigenvalue weighted by Crippen LogP contribution is -2.29. The van der Waals surface area contributed by atoms with Gasteiger partial charge in [0.15, 0.2) is 0 Å². The molecule has 2 aliphatic rings. The minimum absolute atomic E-state index is 0.209. The average Bonchev–Trinajstić information content (AvgIpc) is 3.23. The van der Waals surface area contributed by atoms with Crippen molar-refractivity contribution in [3.8, 4) is 11.3 Å². The van der Waals surface area contributed by atoms with Gasteiger partial charge in [-0.1, -0.05) is 0 Å². The van der Waals surface area contributed by atoms with Crippen molar-refractivity contribution < 1.29 is 0 Å². The number of nitrogens with one attached hydrogen (secondary N) is 2. The maximum absolute atomic E-state index is 4.57. The average molecular weight is 304 g/mol. The predicted molar refractivity (Wildman–Crippen MR) is 90.4 cm³/mol. The molecule has 0 saturated carbocycles. The zero-order chi connectivity index (χ0) is 15.6. The molecule has 0 aromatic carbocycles. The highest BCUT2D eigenvalue weighted by Gasteiger charge is 2.31. The van der Waals surface area contributed by atoms with Gasteiger partial charge < -0.3 is 15.0 Å². The number of hydrogen-bond acceptors (Lipinski definition) is 4. The van der Waals surface area contributed by atoms with E-state index in [0.29, 0.717) is 0 Å². The van der Waals surface area contributed by atoms with Crippen molar-refractivity contribution in [1.82, 2.24) is 25.0 Å². The highest BCUT2D eigenvalue weighted by atomic mass is 15.5. The van der Waals surface area contributed by atoms with Crippen LogP contribution >= 0.6 is 0 Å². The van der Waals surface area contributed by atoms with Crippen LogP contribution in [0.25, 0.3) is 22.2 Å². The summed E-state index contributed by atoms with van der Waals surface area (Å²) in [6, 6.07) is 4.45. The molecular formula is C17H16N6. The molecule has 5 rings (SSSR count). The molecule has 0 aliphatic carbocycles. The molecule has 3 aromatic heterocycles. The lowest BCUT2D eigenvalue weighted by molar-refractivity contribution is 0.253. The number of nitrogens with zero attached hydrogens (tertiary/aromatic N) is 4. The number of hydrogen-bond donors (Lipinski definition) is 2. The Kier molecular flexibility index (Phi) is 2.38. The van der Waals surface area contributed by atoms with E-state index in [1.807, 2.05) is 37.9 Å². The minimum atomic E-state index is 0.209. The minimum Gasteiger partial charge on any atom is -0.350 e. The Hall–Kier alpha value is -2.86. The van der Waals surface area contributed by atoms with Crippen LogP contribution in [0, 0.1) is 0 Å². The van der Waals surface area contributed by atoms with E-state index in [1.165, 1.54) is 16.7 Å². The molecule has 0 radical (unpaired) electrons. The number of fused-ring (bicyclic) bond motifs is 4. The molecule has 3 aromatic rings. The van der Waals surface area contributed by atoms with E-state index in [2.05, 4.69) is 49.3 Å². The Bertz CT molecular complexity index is 990. The first kappa shape index (κ1) is 12.7. The molecule has 5 heterocycles. The fourth-order valence-corrected chi connectivity index (χ4v) is 3.56. The van der Waals surface area contributed by atoms with Crippen LogP contribution in [-0.2, 0) is 7.05 Å². The number of H-pyrrole nitrogens is 1. The van der Waals surface area contributed by atoms with Crippen LogP contribution in [0.2, 0.25) is 0 Å². The molecule has 6 heteroatoms. The van der Waals surface area contributed by atoms with E-state index in [0.717, 1.165) is 22.5 Å². The van der Waals surface area contributed by atoms with Crippen molar-refractivity contribution in [3.63, 3.8) is 0 Å². The van der Waals surface area contributed by atoms with Gasteiger partial charge in [-0.25, -0.2) is 10.0 Å². The number of aryl methyl sites for hydroxylation is 1. The van der Waals surface area contributed by atoms with E-state index in [1.54, 1.807) is 0 Å². The Balaban J connectivity index is 1.70. The second-order valence-electron chi connectivity index (χ2n) is 6.08. The molecule has 2 N–H and O–H groups in total. The Labute approximate surface area is 133 Å². The van der Waals surface area contributed by atoms with Crippen molar-refractivity contribution in [2.75, 3.05) is 7.05 Å². The number of aromatic amines is 1. The van der Waals surface area contributed by atoms with Gasteiger partial charge in [-0.2, -0.15) is 0 Å². The van der Waals surface area contributed by atoms with Gasteiger partial charge in [0.05, 0.1) is 11.6 Å². The summed E-state index contributed by atoms with van der Waals surface area (Å²) in [5, 5.41) is 3.24. The molecule has 0 bridgehead atoms. The van der Waals surface area contributed by atoms with Crippen LogP contribution in [-0.4, -0.2) is 32.8 Å². The first-order valence-electron chi connectivity index (χ1n) is 7.58. The molecule has 0 fully saturated rings. The highest BCUT2D eigenvalue weighted by molar-refractivity contribution is 5.96. The van der Waals surface area contributed by atoms with Crippen molar-refractivity contribution in [3.05, 3.63) is 48.1 Å². The molecule has 0 spiro atoms. The molecule has 114 valence electrons. The standard InChI is InChI=1S/C17H16N6/c1-22-9-13(12-8-18-4-3-15(12)22)14-5-11-16-10(7-20-23(16)2)6-19-17(11)21-14/h3-9,16,20-21H,1-2H3.